The van der Waals surface area contributed by atoms with E-state index >= 15 is 0 Å². The van der Waals surface area contributed by atoms with Crippen LogP contribution in [-0.4, -0.2) is 5.16 Å². The Balaban J connectivity index is 2.44. The second-order valence-corrected chi connectivity index (χ2v) is 3.91. The van der Waals surface area contributed by atoms with E-state index in [0.29, 0.717) is 11.6 Å². The van der Waals surface area contributed by atoms with Crippen LogP contribution in [0, 0.1) is 0 Å². The number of nitrogens with zero attached hydrogens (tertiary/aromatic N) is 1. The van der Waals surface area contributed by atoms with Gasteiger partial charge in [0.05, 0.1) is 5.88 Å². The minimum atomic E-state index is 0.345. The van der Waals surface area contributed by atoms with Crippen LogP contribution in [0.25, 0.3) is 11.3 Å². The second kappa shape index (κ2) is 4.15. The van der Waals surface area contributed by atoms with Crippen LogP contribution in [-0.2, 0) is 5.88 Å². The Morgan fingerprint density at radius 1 is 1.36 bits per heavy atom. The summed E-state index contributed by atoms with van der Waals surface area (Å²) in [5, 5.41) is 3.93. The lowest BCUT2D eigenvalue weighted by Gasteiger charge is -1.97. The summed E-state index contributed by atoms with van der Waals surface area (Å²) in [5.74, 6) is 1.02. The van der Waals surface area contributed by atoms with Crippen molar-refractivity contribution >= 4 is 27.5 Å². The van der Waals surface area contributed by atoms with Gasteiger partial charge >= 0.3 is 0 Å². The van der Waals surface area contributed by atoms with Crippen LogP contribution < -0.4 is 0 Å². The molecule has 0 aliphatic carbocycles. The molecule has 0 saturated carbocycles. The molecule has 0 bridgehead atoms. The average Bonchev–Trinajstić information content (AvgIpc) is 2.67. The molecule has 2 nitrogen and oxygen atoms in total. The van der Waals surface area contributed by atoms with E-state index in [2.05, 4.69) is 21.1 Å². The summed E-state index contributed by atoms with van der Waals surface area (Å²) < 4.78 is 6.02. The summed E-state index contributed by atoms with van der Waals surface area (Å²) >= 11 is 9.07. The molecule has 0 aliphatic heterocycles. The molecule has 0 atom stereocenters. The van der Waals surface area contributed by atoms with Gasteiger partial charge in [0.15, 0.2) is 5.76 Å². The van der Waals surface area contributed by atoms with Gasteiger partial charge in [0, 0.05) is 16.1 Å². The summed E-state index contributed by atoms with van der Waals surface area (Å²) in [7, 11) is 0. The number of aromatic nitrogens is 1. The first-order valence-electron chi connectivity index (χ1n) is 4.07. The molecule has 0 N–H and O–H groups in total. The first-order valence-corrected chi connectivity index (χ1v) is 5.40. The zero-order chi connectivity index (χ0) is 9.97. The lowest BCUT2D eigenvalue weighted by molar-refractivity contribution is 0.396. The topological polar surface area (TPSA) is 26.0 Å². The predicted octanol–water partition coefficient (Wildman–Crippen LogP) is 3.84. The Hall–Kier alpha value is -0.800. The summed E-state index contributed by atoms with van der Waals surface area (Å²) in [5.41, 5.74) is 1.81. The molecule has 72 valence electrons. The maximum absolute atomic E-state index is 5.62. The molecule has 0 aliphatic rings. The molecule has 14 heavy (non-hydrogen) atoms. The van der Waals surface area contributed by atoms with Gasteiger partial charge in [-0.2, -0.15) is 0 Å². The number of benzene rings is 1. The predicted molar refractivity (Wildman–Crippen MR) is 59.2 cm³/mol. The fraction of sp³-hybridized carbons (Fsp3) is 0.100. The van der Waals surface area contributed by atoms with E-state index in [4.69, 9.17) is 16.1 Å². The van der Waals surface area contributed by atoms with E-state index in [1.165, 1.54) is 0 Å². The minimum absolute atomic E-state index is 0.345. The summed E-state index contributed by atoms with van der Waals surface area (Å²) in [6.07, 6.45) is 0. The Labute approximate surface area is 95.0 Å². The van der Waals surface area contributed by atoms with Crippen LogP contribution >= 0.6 is 27.5 Å². The standard InChI is InChI=1S/C10H7BrClNO/c11-9-4-2-1-3-8(9)10-5-7(6-12)14-13-10/h1-5H,6H2. The molecule has 1 aromatic carbocycles. The van der Waals surface area contributed by atoms with Gasteiger partial charge in [-0.05, 0) is 6.07 Å². The fourth-order valence-electron chi connectivity index (χ4n) is 1.17. The summed E-state index contributed by atoms with van der Waals surface area (Å²) in [6, 6.07) is 9.68. The van der Waals surface area contributed by atoms with E-state index in [1.54, 1.807) is 0 Å². The second-order valence-electron chi connectivity index (χ2n) is 2.79. The molecule has 2 aromatic rings. The lowest BCUT2D eigenvalue weighted by atomic mass is 10.1. The van der Waals surface area contributed by atoms with Crippen molar-refractivity contribution in [2.45, 2.75) is 5.88 Å². The number of hydrogen-bond donors (Lipinski definition) is 0. The van der Waals surface area contributed by atoms with Crippen LogP contribution in [0.5, 0.6) is 0 Å². The monoisotopic (exact) mass is 271 g/mol. The highest BCUT2D eigenvalue weighted by Crippen LogP contribution is 2.27. The van der Waals surface area contributed by atoms with Crippen molar-refractivity contribution in [1.82, 2.24) is 5.16 Å². The SMILES string of the molecule is ClCc1cc(-c2ccccc2Br)no1. The normalized spacial score (nSPS) is 10.4. The van der Waals surface area contributed by atoms with Gasteiger partial charge in [-0.25, -0.2) is 0 Å². The van der Waals surface area contributed by atoms with E-state index in [1.807, 2.05) is 30.3 Å². The van der Waals surface area contributed by atoms with Crippen LogP contribution in [0.2, 0.25) is 0 Å². The third kappa shape index (κ3) is 1.83. The largest absolute Gasteiger partial charge is 0.359 e. The van der Waals surface area contributed by atoms with Gasteiger partial charge in [0.25, 0.3) is 0 Å². The average molecular weight is 273 g/mol. The van der Waals surface area contributed by atoms with Crippen molar-refractivity contribution < 1.29 is 4.52 Å². The van der Waals surface area contributed by atoms with Crippen LogP contribution in [0.3, 0.4) is 0 Å². The van der Waals surface area contributed by atoms with Crippen LogP contribution in [0.4, 0.5) is 0 Å². The third-order valence-corrected chi connectivity index (χ3v) is 2.80. The van der Waals surface area contributed by atoms with Crippen molar-refractivity contribution in [3.05, 3.63) is 40.6 Å². The molecule has 1 aromatic heterocycles. The van der Waals surface area contributed by atoms with Crippen molar-refractivity contribution in [3.8, 4) is 11.3 Å². The highest BCUT2D eigenvalue weighted by Gasteiger charge is 2.07. The Kier molecular flexibility index (Phi) is 2.89. The summed E-state index contributed by atoms with van der Waals surface area (Å²) in [6.45, 7) is 0. The first-order chi connectivity index (χ1) is 6.81. The van der Waals surface area contributed by atoms with Gasteiger partial charge in [-0.15, -0.1) is 11.6 Å². The van der Waals surface area contributed by atoms with Crippen LogP contribution in [0.15, 0.2) is 39.3 Å². The number of alkyl halides is 1. The molecular weight excluding hydrogens is 265 g/mol. The van der Waals surface area contributed by atoms with E-state index in [0.717, 1.165) is 15.7 Å². The maximum Gasteiger partial charge on any atom is 0.152 e. The molecule has 0 amide bonds. The number of rotatable bonds is 2. The Morgan fingerprint density at radius 2 is 2.14 bits per heavy atom. The smallest absolute Gasteiger partial charge is 0.152 e. The molecular formula is C10H7BrClNO. The number of hydrogen-bond acceptors (Lipinski definition) is 2. The van der Waals surface area contributed by atoms with Crippen molar-refractivity contribution in [3.63, 3.8) is 0 Å². The highest BCUT2D eigenvalue weighted by atomic mass is 79.9. The fourth-order valence-corrected chi connectivity index (χ4v) is 1.79. The van der Waals surface area contributed by atoms with Gasteiger partial charge < -0.3 is 4.52 Å². The number of halogens is 2. The van der Waals surface area contributed by atoms with Gasteiger partial charge in [-0.1, -0.05) is 39.3 Å². The van der Waals surface area contributed by atoms with E-state index in [-0.39, 0.29) is 0 Å². The molecule has 4 heteroatoms. The maximum atomic E-state index is 5.62. The molecule has 0 saturated heterocycles. The molecule has 0 spiro atoms. The van der Waals surface area contributed by atoms with Crippen LogP contribution in [0.1, 0.15) is 5.76 Å². The Bertz CT molecular complexity index is 441. The van der Waals surface area contributed by atoms with Crippen molar-refractivity contribution in [2.75, 3.05) is 0 Å². The molecule has 2 rings (SSSR count). The first kappa shape index (κ1) is 9.74. The van der Waals surface area contributed by atoms with Gasteiger partial charge in [-0.3, -0.25) is 0 Å². The van der Waals surface area contributed by atoms with Crippen molar-refractivity contribution in [2.24, 2.45) is 0 Å². The summed E-state index contributed by atoms with van der Waals surface area (Å²) in [4.78, 5) is 0. The molecule has 1 heterocycles. The molecule has 0 unspecified atom stereocenters. The molecule has 0 fully saturated rings. The minimum Gasteiger partial charge on any atom is -0.359 e. The lowest BCUT2D eigenvalue weighted by Crippen LogP contribution is -1.77. The van der Waals surface area contributed by atoms with E-state index < -0.39 is 0 Å². The molecule has 0 radical (unpaired) electrons. The third-order valence-electron chi connectivity index (χ3n) is 1.84. The van der Waals surface area contributed by atoms with Gasteiger partial charge in [0.2, 0.25) is 0 Å². The van der Waals surface area contributed by atoms with Gasteiger partial charge in [0.1, 0.15) is 5.69 Å². The quantitative estimate of drug-likeness (QED) is 0.776. The van der Waals surface area contributed by atoms with E-state index in [9.17, 15) is 0 Å². The zero-order valence-electron chi connectivity index (χ0n) is 7.21. The zero-order valence-corrected chi connectivity index (χ0v) is 9.55. The Morgan fingerprint density at radius 3 is 2.79 bits per heavy atom. The highest BCUT2D eigenvalue weighted by molar-refractivity contribution is 9.10. The van der Waals surface area contributed by atoms with Crippen molar-refractivity contribution in [1.29, 1.82) is 0 Å².